The normalized spacial score (nSPS) is 16.7. The van der Waals surface area contributed by atoms with Gasteiger partial charge in [0.2, 0.25) is 5.91 Å². The number of amides is 1. The van der Waals surface area contributed by atoms with Gasteiger partial charge in [-0.3, -0.25) is 19.0 Å². The van der Waals surface area contributed by atoms with Gasteiger partial charge in [-0.2, -0.15) is 4.57 Å². The van der Waals surface area contributed by atoms with E-state index in [4.69, 9.17) is 9.47 Å². The number of anilines is 1. The maximum absolute atomic E-state index is 13.2. The Kier molecular flexibility index (Phi) is 8.04. The summed E-state index contributed by atoms with van der Waals surface area (Å²) in [7, 11) is 0. The summed E-state index contributed by atoms with van der Waals surface area (Å²) in [4.78, 5) is 53.2. The molecule has 4 rings (SSSR count). The first kappa shape index (κ1) is 26.8. The van der Waals surface area contributed by atoms with E-state index in [0.29, 0.717) is 29.0 Å². The molecule has 0 bridgehead atoms. The lowest BCUT2D eigenvalue weighted by Crippen LogP contribution is -2.45. The van der Waals surface area contributed by atoms with Crippen molar-refractivity contribution in [1.82, 2.24) is 9.13 Å². The zero-order valence-corrected chi connectivity index (χ0v) is 21.0. The molecule has 2 aromatic carbocycles. The van der Waals surface area contributed by atoms with Crippen molar-refractivity contribution in [3.05, 3.63) is 106 Å². The Morgan fingerprint density at radius 1 is 1.08 bits per heavy atom. The quantitative estimate of drug-likeness (QED) is 0.321. The number of carbonyl (C=O) groups excluding carboxylic acids is 2. The van der Waals surface area contributed by atoms with E-state index in [1.54, 1.807) is 54.3 Å². The minimum atomic E-state index is -1.10. The monoisotopic (exact) mass is 519 g/mol. The molecule has 10 nitrogen and oxygen atoms in total. The Labute approximate surface area is 219 Å². The van der Waals surface area contributed by atoms with Crippen LogP contribution in [0.25, 0.3) is 0 Å². The molecule has 0 aliphatic carbocycles. The molecule has 3 aromatic rings. The van der Waals surface area contributed by atoms with Crippen molar-refractivity contribution < 1.29 is 24.2 Å². The molecular weight excluding hydrogens is 490 g/mol. The fraction of sp³-hybridized carbons (Fsp3) is 0.286. The van der Waals surface area contributed by atoms with E-state index in [-0.39, 0.29) is 31.3 Å². The minimum absolute atomic E-state index is 0.109. The number of ether oxygens (including phenoxy) is 2. The Morgan fingerprint density at radius 3 is 2.47 bits per heavy atom. The molecule has 38 heavy (non-hydrogen) atoms. The summed E-state index contributed by atoms with van der Waals surface area (Å²) in [6.07, 6.45) is 3.01. The smallest absolute Gasteiger partial charge is 0.338 e. The second kappa shape index (κ2) is 11.4. The van der Waals surface area contributed by atoms with Gasteiger partial charge in [-0.05, 0) is 49.7 Å². The molecule has 0 spiro atoms. The first-order valence-corrected chi connectivity index (χ1v) is 12.1. The van der Waals surface area contributed by atoms with Crippen LogP contribution in [0.15, 0.2) is 89.1 Å². The molecule has 2 unspecified atom stereocenters. The van der Waals surface area contributed by atoms with Crippen molar-refractivity contribution in [3.63, 3.8) is 0 Å². The lowest BCUT2D eigenvalue weighted by Gasteiger charge is -2.19. The summed E-state index contributed by atoms with van der Waals surface area (Å²) in [5.74, 6) is -0.483. The van der Waals surface area contributed by atoms with Gasteiger partial charge >= 0.3 is 5.69 Å². The van der Waals surface area contributed by atoms with Gasteiger partial charge < -0.3 is 19.5 Å². The predicted octanol–water partition coefficient (Wildman–Crippen LogP) is 2.01. The SMILES string of the molecule is C=CC(C)(O)COCCOc1ccc(N2CCC(n3ccc(=O)n(C(=O)c4ccccc4)c3=O)C2=O)cc1. The van der Waals surface area contributed by atoms with E-state index < -0.39 is 28.8 Å². The van der Waals surface area contributed by atoms with Gasteiger partial charge in [0, 0.05) is 30.1 Å². The molecule has 10 heteroatoms. The van der Waals surface area contributed by atoms with Crippen molar-refractivity contribution in [1.29, 1.82) is 0 Å². The minimum Gasteiger partial charge on any atom is -0.491 e. The zero-order chi connectivity index (χ0) is 27.3. The van der Waals surface area contributed by atoms with E-state index in [0.717, 1.165) is 10.6 Å². The average molecular weight is 520 g/mol. The molecule has 198 valence electrons. The molecule has 1 saturated heterocycles. The van der Waals surface area contributed by atoms with Crippen LogP contribution >= 0.6 is 0 Å². The fourth-order valence-corrected chi connectivity index (χ4v) is 4.08. The third kappa shape index (κ3) is 5.82. The van der Waals surface area contributed by atoms with E-state index in [1.807, 2.05) is 0 Å². The molecule has 1 amide bonds. The van der Waals surface area contributed by atoms with E-state index in [2.05, 4.69) is 6.58 Å². The third-order valence-electron chi connectivity index (χ3n) is 6.23. The van der Waals surface area contributed by atoms with Crippen LogP contribution in [0, 0.1) is 0 Å². The number of aromatic nitrogens is 2. The van der Waals surface area contributed by atoms with E-state index in [1.165, 1.54) is 24.4 Å². The number of aliphatic hydroxyl groups is 1. The van der Waals surface area contributed by atoms with Gasteiger partial charge in [-0.1, -0.05) is 24.3 Å². The van der Waals surface area contributed by atoms with Crippen LogP contribution in [0.4, 0.5) is 5.69 Å². The van der Waals surface area contributed by atoms with Crippen LogP contribution in [0.3, 0.4) is 0 Å². The Balaban J connectivity index is 1.42. The molecule has 1 N–H and O–H groups in total. The molecule has 1 aliphatic rings. The molecule has 1 aliphatic heterocycles. The van der Waals surface area contributed by atoms with Crippen molar-refractivity contribution in [3.8, 4) is 5.75 Å². The lowest BCUT2D eigenvalue weighted by atomic mass is 10.1. The number of hydrogen-bond donors (Lipinski definition) is 1. The first-order valence-electron chi connectivity index (χ1n) is 12.1. The second-order valence-electron chi connectivity index (χ2n) is 9.10. The summed E-state index contributed by atoms with van der Waals surface area (Å²) < 4.78 is 12.7. The largest absolute Gasteiger partial charge is 0.491 e. The standard InChI is InChI=1S/C28H29N3O7/c1-3-28(2,36)19-37-17-18-38-22-11-9-21(10-12-22)29-15-13-23(26(29)34)30-16-14-24(32)31(27(30)35)25(33)20-7-5-4-6-8-20/h3-12,14,16,23,36H,1,13,15,17-19H2,2H3. The molecular formula is C28H29N3O7. The number of carbonyl (C=O) groups is 2. The average Bonchev–Trinajstić information content (AvgIpc) is 3.30. The van der Waals surface area contributed by atoms with Crippen LogP contribution < -0.4 is 20.9 Å². The van der Waals surface area contributed by atoms with E-state index >= 15 is 0 Å². The third-order valence-corrected chi connectivity index (χ3v) is 6.23. The molecule has 0 radical (unpaired) electrons. The maximum atomic E-state index is 13.2. The highest BCUT2D eigenvalue weighted by molar-refractivity contribution is 5.98. The topological polar surface area (TPSA) is 120 Å². The van der Waals surface area contributed by atoms with Crippen LogP contribution in [-0.2, 0) is 9.53 Å². The van der Waals surface area contributed by atoms with Gasteiger partial charge in [0.25, 0.3) is 11.5 Å². The van der Waals surface area contributed by atoms with Crippen LogP contribution in [0.5, 0.6) is 5.75 Å². The van der Waals surface area contributed by atoms with Gasteiger partial charge in [0.1, 0.15) is 24.0 Å². The van der Waals surface area contributed by atoms with Crippen LogP contribution in [0.1, 0.15) is 29.7 Å². The predicted molar refractivity (Wildman–Crippen MR) is 141 cm³/mol. The highest BCUT2D eigenvalue weighted by Gasteiger charge is 2.35. The number of benzene rings is 2. The lowest BCUT2D eigenvalue weighted by molar-refractivity contribution is -0.119. The van der Waals surface area contributed by atoms with Crippen LogP contribution in [0.2, 0.25) is 0 Å². The first-order chi connectivity index (χ1) is 18.2. The number of nitrogens with zero attached hydrogens (tertiary/aromatic N) is 3. The maximum Gasteiger partial charge on any atom is 0.338 e. The zero-order valence-electron chi connectivity index (χ0n) is 21.0. The summed E-state index contributed by atoms with van der Waals surface area (Å²) in [5.41, 5.74) is -1.88. The molecule has 1 fully saturated rings. The van der Waals surface area contributed by atoms with E-state index in [9.17, 15) is 24.3 Å². The number of rotatable bonds is 10. The van der Waals surface area contributed by atoms with Gasteiger partial charge in [0.15, 0.2) is 0 Å². The van der Waals surface area contributed by atoms with Gasteiger partial charge in [0.05, 0.1) is 13.2 Å². The fourth-order valence-electron chi connectivity index (χ4n) is 4.08. The summed E-state index contributed by atoms with van der Waals surface area (Å²) in [5, 5.41) is 9.83. The van der Waals surface area contributed by atoms with Crippen molar-refractivity contribution in [2.24, 2.45) is 0 Å². The summed E-state index contributed by atoms with van der Waals surface area (Å²) in [6.45, 7) is 6.17. The number of hydrogen-bond acceptors (Lipinski definition) is 7. The molecule has 2 heterocycles. The Bertz CT molecular complexity index is 1430. The van der Waals surface area contributed by atoms with Gasteiger partial charge in [-0.25, -0.2) is 4.79 Å². The molecule has 0 saturated carbocycles. The van der Waals surface area contributed by atoms with Crippen molar-refractivity contribution in [2.75, 3.05) is 31.3 Å². The van der Waals surface area contributed by atoms with Gasteiger partial charge in [-0.15, -0.1) is 6.58 Å². The molecule has 1 aromatic heterocycles. The molecule has 2 atom stereocenters. The van der Waals surface area contributed by atoms with Crippen molar-refractivity contribution in [2.45, 2.75) is 25.0 Å². The second-order valence-corrected chi connectivity index (χ2v) is 9.10. The van der Waals surface area contributed by atoms with Crippen molar-refractivity contribution >= 4 is 17.5 Å². The highest BCUT2D eigenvalue weighted by atomic mass is 16.5. The Hall–Kier alpha value is -4.28. The summed E-state index contributed by atoms with van der Waals surface area (Å²) in [6, 6.07) is 15.2. The summed E-state index contributed by atoms with van der Waals surface area (Å²) >= 11 is 0. The van der Waals surface area contributed by atoms with Crippen LogP contribution in [-0.4, -0.2) is 58.0 Å². The Morgan fingerprint density at radius 2 is 1.79 bits per heavy atom. The highest BCUT2D eigenvalue weighted by Crippen LogP contribution is 2.29.